The van der Waals surface area contributed by atoms with Crippen molar-refractivity contribution in [1.82, 2.24) is 19.6 Å². The minimum absolute atomic E-state index is 0.0718. The Kier molecular flexibility index (Phi) is 7.62. The first-order chi connectivity index (χ1) is 15.6. The van der Waals surface area contributed by atoms with Crippen molar-refractivity contribution in [2.45, 2.75) is 52.4 Å². The van der Waals surface area contributed by atoms with Crippen molar-refractivity contribution in [1.29, 1.82) is 0 Å². The number of alkyl halides is 3. The summed E-state index contributed by atoms with van der Waals surface area (Å²) in [5.41, 5.74) is 1.03. The van der Waals surface area contributed by atoms with Crippen LogP contribution >= 0.6 is 0 Å². The highest BCUT2D eigenvalue weighted by atomic mass is 19.4. The molecule has 2 amide bonds. The van der Waals surface area contributed by atoms with E-state index in [1.165, 1.54) is 35.4 Å². The normalized spacial score (nSPS) is 17.4. The van der Waals surface area contributed by atoms with E-state index in [0.717, 1.165) is 0 Å². The van der Waals surface area contributed by atoms with Crippen LogP contribution in [0, 0.1) is 0 Å². The summed E-state index contributed by atoms with van der Waals surface area (Å²) in [5.74, 6) is -0.807. The second-order valence-electron chi connectivity index (χ2n) is 8.03. The third-order valence-corrected chi connectivity index (χ3v) is 5.23. The minimum atomic E-state index is -4.76. The van der Waals surface area contributed by atoms with Gasteiger partial charge in [-0.3, -0.25) is 14.3 Å². The Morgan fingerprint density at radius 2 is 1.91 bits per heavy atom. The molecule has 8 nitrogen and oxygen atoms in total. The minimum Gasteiger partial charge on any atom is -0.406 e. The maximum Gasteiger partial charge on any atom is 0.573 e. The molecule has 0 radical (unpaired) electrons. The summed E-state index contributed by atoms with van der Waals surface area (Å²) in [6, 6.07) is 5.30. The number of nitrogens with zero attached hydrogens (tertiary/aromatic N) is 4. The number of aryl methyl sites for hydroxylation is 1. The van der Waals surface area contributed by atoms with E-state index >= 15 is 0 Å². The third-order valence-electron chi connectivity index (χ3n) is 5.23. The van der Waals surface area contributed by atoms with Crippen molar-refractivity contribution >= 4 is 11.8 Å². The number of hydrogen-bond acceptors (Lipinski definition) is 5. The maximum atomic E-state index is 13.0. The maximum absolute atomic E-state index is 13.0. The molecule has 0 N–H and O–H groups in total. The molecule has 2 heterocycles. The Hall–Kier alpha value is -3.08. The molecule has 1 atom stereocenters. The molecule has 1 aromatic heterocycles. The van der Waals surface area contributed by atoms with Crippen LogP contribution < -0.4 is 4.74 Å². The van der Waals surface area contributed by atoms with Crippen LogP contribution in [0.1, 0.15) is 36.7 Å². The standard InChI is InChI=1S/C22H27F3N4O4/c1-4-28-10-17(9-26-28)21(31)27-11-19(12-29(15(2)3)20(30)13-27)32-14-16-5-7-18(8-6-16)33-22(23,24)25/h5-10,15,19H,4,11-14H2,1-3H3. The topological polar surface area (TPSA) is 76.9 Å². The number of hydrogen-bond donors (Lipinski definition) is 0. The van der Waals surface area contributed by atoms with E-state index in [4.69, 9.17) is 4.74 Å². The van der Waals surface area contributed by atoms with Crippen LogP contribution in [0.4, 0.5) is 13.2 Å². The number of ether oxygens (including phenoxy) is 2. The molecule has 0 saturated carbocycles. The molecule has 1 aromatic carbocycles. The zero-order chi connectivity index (χ0) is 24.2. The van der Waals surface area contributed by atoms with Crippen molar-refractivity contribution in [3.63, 3.8) is 0 Å². The van der Waals surface area contributed by atoms with Crippen LogP contribution in [0.5, 0.6) is 5.75 Å². The van der Waals surface area contributed by atoms with Gasteiger partial charge in [-0.25, -0.2) is 0 Å². The Labute approximate surface area is 189 Å². The zero-order valence-corrected chi connectivity index (χ0v) is 18.7. The van der Waals surface area contributed by atoms with Gasteiger partial charge in [0, 0.05) is 31.9 Å². The summed E-state index contributed by atoms with van der Waals surface area (Å²) in [6.07, 6.45) is -2.12. The third kappa shape index (κ3) is 6.70. The second kappa shape index (κ2) is 10.2. The lowest BCUT2D eigenvalue weighted by Gasteiger charge is -2.27. The molecule has 1 aliphatic rings. The molecule has 11 heteroatoms. The Morgan fingerprint density at radius 3 is 2.48 bits per heavy atom. The zero-order valence-electron chi connectivity index (χ0n) is 18.7. The first-order valence-corrected chi connectivity index (χ1v) is 10.6. The molecule has 0 bridgehead atoms. The van der Waals surface area contributed by atoms with Crippen LogP contribution in [0.15, 0.2) is 36.7 Å². The molecule has 0 spiro atoms. The molecule has 1 saturated heterocycles. The summed E-state index contributed by atoms with van der Waals surface area (Å²) < 4.78 is 48.5. The number of benzene rings is 1. The highest BCUT2D eigenvalue weighted by Gasteiger charge is 2.33. The van der Waals surface area contributed by atoms with Crippen LogP contribution in [0.2, 0.25) is 0 Å². The van der Waals surface area contributed by atoms with Crippen molar-refractivity contribution < 1.29 is 32.2 Å². The Morgan fingerprint density at radius 1 is 1.21 bits per heavy atom. The summed E-state index contributed by atoms with van der Waals surface area (Å²) in [5, 5.41) is 4.12. The lowest BCUT2D eigenvalue weighted by molar-refractivity contribution is -0.274. The van der Waals surface area contributed by atoms with Gasteiger partial charge >= 0.3 is 6.36 Å². The second-order valence-corrected chi connectivity index (χ2v) is 8.03. The van der Waals surface area contributed by atoms with E-state index < -0.39 is 12.5 Å². The van der Waals surface area contributed by atoms with Gasteiger partial charge in [-0.1, -0.05) is 12.1 Å². The molecule has 0 aliphatic carbocycles. The van der Waals surface area contributed by atoms with E-state index in [9.17, 15) is 22.8 Å². The molecule has 1 unspecified atom stereocenters. The molecular weight excluding hydrogens is 441 g/mol. The average Bonchev–Trinajstić information content (AvgIpc) is 3.16. The monoisotopic (exact) mass is 468 g/mol. The Bertz CT molecular complexity index is 959. The molecule has 3 rings (SSSR count). The first kappa shape index (κ1) is 24.6. The van der Waals surface area contributed by atoms with E-state index in [0.29, 0.717) is 24.2 Å². The van der Waals surface area contributed by atoms with Gasteiger partial charge in [0.1, 0.15) is 12.3 Å². The van der Waals surface area contributed by atoms with Crippen molar-refractivity contribution in [3.8, 4) is 5.75 Å². The van der Waals surface area contributed by atoms with Crippen molar-refractivity contribution in [2.75, 3.05) is 19.6 Å². The van der Waals surface area contributed by atoms with Gasteiger partial charge in [0.05, 0.1) is 24.5 Å². The van der Waals surface area contributed by atoms with Gasteiger partial charge < -0.3 is 19.3 Å². The summed E-state index contributed by atoms with van der Waals surface area (Å²) >= 11 is 0. The van der Waals surface area contributed by atoms with E-state index in [-0.39, 0.29) is 43.3 Å². The van der Waals surface area contributed by atoms with Crippen molar-refractivity contribution in [3.05, 3.63) is 47.8 Å². The fourth-order valence-electron chi connectivity index (χ4n) is 3.53. The predicted octanol–water partition coefficient (Wildman–Crippen LogP) is 3.08. The molecule has 2 aromatic rings. The summed E-state index contributed by atoms with van der Waals surface area (Å²) in [7, 11) is 0. The molecule has 1 fully saturated rings. The summed E-state index contributed by atoms with van der Waals surface area (Å²) in [6.45, 7) is 6.82. The smallest absolute Gasteiger partial charge is 0.406 e. The van der Waals surface area contributed by atoms with Gasteiger partial charge in [-0.2, -0.15) is 5.10 Å². The number of amides is 2. The van der Waals surface area contributed by atoms with Gasteiger partial charge in [-0.05, 0) is 38.5 Å². The van der Waals surface area contributed by atoms with Crippen LogP contribution in [-0.4, -0.2) is 69.5 Å². The highest BCUT2D eigenvalue weighted by molar-refractivity contribution is 5.96. The quantitative estimate of drug-likeness (QED) is 0.624. The fraction of sp³-hybridized carbons (Fsp3) is 0.500. The average molecular weight is 468 g/mol. The highest BCUT2D eigenvalue weighted by Crippen LogP contribution is 2.23. The van der Waals surface area contributed by atoms with Crippen molar-refractivity contribution in [2.24, 2.45) is 0 Å². The largest absolute Gasteiger partial charge is 0.573 e. The lowest BCUT2D eigenvalue weighted by atomic mass is 10.2. The van der Waals surface area contributed by atoms with E-state index in [1.54, 1.807) is 15.8 Å². The lowest BCUT2D eigenvalue weighted by Crippen LogP contribution is -2.42. The number of carbonyl (C=O) groups is 2. The van der Waals surface area contributed by atoms with Crippen LogP contribution in [-0.2, 0) is 22.7 Å². The number of rotatable bonds is 7. The van der Waals surface area contributed by atoms with Crippen LogP contribution in [0.25, 0.3) is 0 Å². The van der Waals surface area contributed by atoms with Gasteiger partial charge in [-0.15, -0.1) is 13.2 Å². The number of halogens is 3. The van der Waals surface area contributed by atoms with Gasteiger partial charge in [0.2, 0.25) is 5.91 Å². The summed E-state index contributed by atoms with van der Waals surface area (Å²) in [4.78, 5) is 28.9. The van der Waals surface area contributed by atoms with E-state index in [1.807, 2.05) is 20.8 Å². The van der Waals surface area contributed by atoms with E-state index in [2.05, 4.69) is 9.84 Å². The van der Waals surface area contributed by atoms with Crippen LogP contribution in [0.3, 0.4) is 0 Å². The number of aromatic nitrogens is 2. The molecule has 180 valence electrons. The SMILES string of the molecule is CCn1cc(C(=O)N2CC(=O)N(C(C)C)CC(OCc3ccc(OC(F)(F)F)cc3)C2)cn1. The predicted molar refractivity (Wildman–Crippen MR) is 112 cm³/mol. The molecule has 1 aliphatic heterocycles. The first-order valence-electron chi connectivity index (χ1n) is 10.6. The number of carbonyl (C=O) groups excluding carboxylic acids is 2. The van der Waals surface area contributed by atoms with Gasteiger partial charge in [0.15, 0.2) is 0 Å². The molecule has 33 heavy (non-hydrogen) atoms. The fourth-order valence-corrected chi connectivity index (χ4v) is 3.53. The van der Waals surface area contributed by atoms with Gasteiger partial charge in [0.25, 0.3) is 5.91 Å². The molecular formula is C22H27F3N4O4. The Balaban J connectivity index is 1.70.